The SMILES string of the molecule is [CH2]CCNC(=O)C=CC. The van der Waals surface area contributed by atoms with Gasteiger partial charge in [0.1, 0.15) is 0 Å². The summed E-state index contributed by atoms with van der Waals surface area (Å²) in [6.45, 7) is 6.04. The molecule has 0 saturated heterocycles. The summed E-state index contributed by atoms with van der Waals surface area (Å²) in [7, 11) is 0. The second kappa shape index (κ2) is 5.35. The van der Waals surface area contributed by atoms with Crippen LogP contribution in [-0.2, 0) is 4.79 Å². The lowest BCUT2D eigenvalue weighted by Gasteiger charge is -1.95. The lowest BCUT2D eigenvalue weighted by molar-refractivity contribution is -0.116. The molecule has 0 heterocycles. The summed E-state index contributed by atoms with van der Waals surface area (Å²) in [6.07, 6.45) is 3.94. The van der Waals surface area contributed by atoms with Gasteiger partial charge in [-0.15, -0.1) is 0 Å². The predicted octanol–water partition coefficient (Wildman–Crippen LogP) is 0.903. The Bertz CT molecular complexity index is 107. The standard InChI is InChI=1S/C7H12NO/c1-3-5-7(9)8-6-4-2/h3,5H,2,4,6H2,1H3,(H,8,9). The normalized spacial score (nSPS) is 10.0. The van der Waals surface area contributed by atoms with Gasteiger partial charge in [0.2, 0.25) is 5.91 Å². The van der Waals surface area contributed by atoms with Crippen molar-refractivity contribution in [2.75, 3.05) is 6.54 Å². The maximum Gasteiger partial charge on any atom is 0.243 e. The summed E-state index contributed by atoms with van der Waals surface area (Å²) < 4.78 is 0. The Kier molecular flexibility index (Phi) is 4.88. The number of nitrogens with one attached hydrogen (secondary N) is 1. The highest BCUT2D eigenvalue weighted by atomic mass is 16.1. The number of hydrogen-bond acceptors (Lipinski definition) is 1. The van der Waals surface area contributed by atoms with Crippen molar-refractivity contribution >= 4 is 5.91 Å². The van der Waals surface area contributed by atoms with Crippen LogP contribution in [0.15, 0.2) is 12.2 Å². The molecule has 0 aliphatic heterocycles. The van der Waals surface area contributed by atoms with Crippen molar-refractivity contribution in [2.45, 2.75) is 13.3 Å². The zero-order valence-electron chi connectivity index (χ0n) is 5.68. The van der Waals surface area contributed by atoms with Gasteiger partial charge in [0.25, 0.3) is 0 Å². The fraction of sp³-hybridized carbons (Fsp3) is 0.429. The van der Waals surface area contributed by atoms with Crippen molar-refractivity contribution in [3.05, 3.63) is 19.1 Å². The zero-order chi connectivity index (χ0) is 7.11. The Hall–Kier alpha value is -0.790. The van der Waals surface area contributed by atoms with Crippen molar-refractivity contribution in [1.82, 2.24) is 5.32 Å². The Morgan fingerprint density at radius 3 is 2.89 bits per heavy atom. The highest BCUT2D eigenvalue weighted by Crippen LogP contribution is 1.73. The molecule has 51 valence electrons. The van der Waals surface area contributed by atoms with Crippen molar-refractivity contribution in [3.8, 4) is 0 Å². The van der Waals surface area contributed by atoms with E-state index in [-0.39, 0.29) is 5.91 Å². The van der Waals surface area contributed by atoms with Crippen LogP contribution in [0.5, 0.6) is 0 Å². The molecular weight excluding hydrogens is 114 g/mol. The average molecular weight is 126 g/mol. The van der Waals surface area contributed by atoms with Gasteiger partial charge in [0, 0.05) is 6.54 Å². The minimum absolute atomic E-state index is 0.0406. The van der Waals surface area contributed by atoms with Crippen LogP contribution in [0.2, 0.25) is 0 Å². The second-order valence-electron chi connectivity index (χ2n) is 1.64. The minimum Gasteiger partial charge on any atom is -0.353 e. The van der Waals surface area contributed by atoms with Crippen LogP contribution in [-0.4, -0.2) is 12.5 Å². The first kappa shape index (κ1) is 8.21. The first-order chi connectivity index (χ1) is 4.31. The number of allylic oxidation sites excluding steroid dienone is 1. The number of carbonyl (C=O) groups excluding carboxylic acids is 1. The van der Waals surface area contributed by atoms with E-state index in [1.165, 1.54) is 6.08 Å². The molecule has 0 aliphatic carbocycles. The van der Waals surface area contributed by atoms with Gasteiger partial charge in [-0.05, 0) is 19.4 Å². The molecule has 0 spiro atoms. The fourth-order valence-electron chi connectivity index (χ4n) is 0.422. The first-order valence-corrected chi connectivity index (χ1v) is 3.01. The zero-order valence-corrected chi connectivity index (χ0v) is 5.68. The molecule has 0 fully saturated rings. The van der Waals surface area contributed by atoms with Crippen LogP contribution in [0.4, 0.5) is 0 Å². The monoisotopic (exact) mass is 126 g/mol. The molecule has 2 nitrogen and oxygen atoms in total. The maximum atomic E-state index is 10.6. The number of hydrogen-bond donors (Lipinski definition) is 1. The Morgan fingerprint density at radius 1 is 1.78 bits per heavy atom. The smallest absolute Gasteiger partial charge is 0.243 e. The van der Waals surface area contributed by atoms with Gasteiger partial charge in [-0.3, -0.25) is 4.79 Å². The second-order valence-corrected chi connectivity index (χ2v) is 1.64. The quantitative estimate of drug-likeness (QED) is 0.559. The third-order valence-corrected chi connectivity index (χ3v) is 0.794. The molecule has 0 atom stereocenters. The van der Waals surface area contributed by atoms with Crippen molar-refractivity contribution < 1.29 is 4.79 Å². The number of amides is 1. The van der Waals surface area contributed by atoms with Crippen LogP contribution in [0, 0.1) is 6.92 Å². The van der Waals surface area contributed by atoms with Crippen LogP contribution in [0.3, 0.4) is 0 Å². The average Bonchev–Trinajstić information content (AvgIpc) is 1.85. The molecule has 0 aromatic heterocycles. The summed E-state index contributed by atoms with van der Waals surface area (Å²) in [6, 6.07) is 0. The fourth-order valence-corrected chi connectivity index (χ4v) is 0.422. The number of carbonyl (C=O) groups is 1. The summed E-state index contributed by atoms with van der Waals surface area (Å²) >= 11 is 0. The van der Waals surface area contributed by atoms with Gasteiger partial charge in [-0.1, -0.05) is 13.0 Å². The van der Waals surface area contributed by atoms with E-state index in [9.17, 15) is 4.79 Å². The topological polar surface area (TPSA) is 29.1 Å². The summed E-state index contributed by atoms with van der Waals surface area (Å²) in [5, 5.41) is 2.64. The van der Waals surface area contributed by atoms with E-state index in [1.807, 2.05) is 6.92 Å². The van der Waals surface area contributed by atoms with E-state index < -0.39 is 0 Å². The van der Waals surface area contributed by atoms with E-state index in [0.717, 1.165) is 6.42 Å². The molecule has 0 rings (SSSR count). The first-order valence-electron chi connectivity index (χ1n) is 3.01. The predicted molar refractivity (Wildman–Crippen MR) is 37.8 cm³/mol. The third kappa shape index (κ3) is 5.07. The van der Waals surface area contributed by atoms with Crippen molar-refractivity contribution in [3.63, 3.8) is 0 Å². The molecular formula is C7H12NO. The van der Waals surface area contributed by atoms with E-state index in [1.54, 1.807) is 6.08 Å². The summed E-state index contributed by atoms with van der Waals surface area (Å²) in [5.41, 5.74) is 0. The Balaban J connectivity index is 3.27. The Labute approximate surface area is 56.0 Å². The van der Waals surface area contributed by atoms with Gasteiger partial charge in [-0.2, -0.15) is 0 Å². The number of rotatable bonds is 3. The molecule has 1 amide bonds. The minimum atomic E-state index is -0.0406. The van der Waals surface area contributed by atoms with Gasteiger partial charge in [0.15, 0.2) is 0 Å². The summed E-state index contributed by atoms with van der Waals surface area (Å²) in [4.78, 5) is 10.6. The molecule has 0 unspecified atom stereocenters. The molecule has 9 heavy (non-hydrogen) atoms. The van der Waals surface area contributed by atoms with Crippen molar-refractivity contribution in [1.29, 1.82) is 0 Å². The molecule has 0 bridgehead atoms. The lowest BCUT2D eigenvalue weighted by atomic mass is 10.4. The molecule has 1 N–H and O–H groups in total. The highest BCUT2D eigenvalue weighted by molar-refractivity contribution is 5.87. The van der Waals surface area contributed by atoms with Gasteiger partial charge >= 0.3 is 0 Å². The molecule has 0 aliphatic rings. The maximum absolute atomic E-state index is 10.6. The van der Waals surface area contributed by atoms with Crippen LogP contribution >= 0.6 is 0 Å². The third-order valence-electron chi connectivity index (χ3n) is 0.794. The van der Waals surface area contributed by atoms with E-state index in [0.29, 0.717) is 6.54 Å². The summed E-state index contributed by atoms with van der Waals surface area (Å²) in [5.74, 6) is -0.0406. The van der Waals surface area contributed by atoms with Crippen molar-refractivity contribution in [2.24, 2.45) is 0 Å². The molecule has 0 saturated carbocycles. The van der Waals surface area contributed by atoms with Gasteiger partial charge < -0.3 is 5.32 Å². The van der Waals surface area contributed by atoms with Gasteiger partial charge in [0.05, 0.1) is 0 Å². The van der Waals surface area contributed by atoms with Crippen LogP contribution in [0.1, 0.15) is 13.3 Å². The van der Waals surface area contributed by atoms with E-state index in [4.69, 9.17) is 0 Å². The molecule has 2 heteroatoms. The highest BCUT2D eigenvalue weighted by Gasteiger charge is 1.88. The molecule has 0 aromatic rings. The van der Waals surface area contributed by atoms with E-state index in [2.05, 4.69) is 12.2 Å². The largest absolute Gasteiger partial charge is 0.353 e. The lowest BCUT2D eigenvalue weighted by Crippen LogP contribution is -2.21. The van der Waals surface area contributed by atoms with E-state index >= 15 is 0 Å². The molecule has 0 aromatic carbocycles. The van der Waals surface area contributed by atoms with Crippen LogP contribution < -0.4 is 5.32 Å². The van der Waals surface area contributed by atoms with Crippen LogP contribution in [0.25, 0.3) is 0 Å². The molecule has 1 radical (unpaired) electrons. The van der Waals surface area contributed by atoms with Gasteiger partial charge in [-0.25, -0.2) is 0 Å². The Morgan fingerprint density at radius 2 is 2.44 bits per heavy atom.